The third-order valence-electron chi connectivity index (χ3n) is 5.63. The molecule has 168 valence electrons. The molecule has 32 heavy (non-hydrogen) atoms. The van der Waals surface area contributed by atoms with Crippen molar-refractivity contribution in [2.75, 3.05) is 31.1 Å². The summed E-state index contributed by atoms with van der Waals surface area (Å²) in [5.74, 6) is -0.163. The van der Waals surface area contributed by atoms with E-state index < -0.39 is 4.92 Å². The fourth-order valence-electron chi connectivity index (χ4n) is 3.38. The van der Waals surface area contributed by atoms with Gasteiger partial charge in [-0.1, -0.05) is 31.3 Å². The van der Waals surface area contributed by atoms with Crippen LogP contribution in [0.15, 0.2) is 42.5 Å². The smallest absolute Gasteiger partial charge is 0.269 e. The normalized spacial score (nSPS) is 11.5. The maximum absolute atomic E-state index is 13.2. The molecule has 0 atom stereocenters. The van der Waals surface area contributed by atoms with E-state index in [1.165, 1.54) is 35.1 Å². The molecule has 0 aliphatic heterocycles. The average Bonchev–Trinajstić information content (AvgIpc) is 3.22. The number of fused-ring (bicyclic) bond motifs is 1. The quantitative estimate of drug-likeness (QED) is 0.253. The summed E-state index contributed by atoms with van der Waals surface area (Å²) in [5, 5.41) is 11.5. The van der Waals surface area contributed by atoms with Gasteiger partial charge < -0.3 is 4.90 Å². The topological polar surface area (TPSA) is 79.6 Å². The number of nitro benzene ring substituents is 1. The van der Waals surface area contributed by atoms with Crippen molar-refractivity contribution in [2.24, 2.45) is 0 Å². The van der Waals surface area contributed by atoms with Crippen molar-refractivity contribution in [3.63, 3.8) is 0 Å². The highest BCUT2D eigenvalue weighted by atomic mass is 32.1. The van der Waals surface area contributed by atoms with E-state index in [-0.39, 0.29) is 11.6 Å². The van der Waals surface area contributed by atoms with Crippen LogP contribution in [0.5, 0.6) is 0 Å². The van der Waals surface area contributed by atoms with Crippen LogP contribution >= 0.6 is 11.3 Å². The minimum atomic E-state index is -0.440. The Labute approximate surface area is 192 Å². The van der Waals surface area contributed by atoms with Gasteiger partial charge in [-0.3, -0.25) is 19.8 Å². The molecule has 1 aromatic heterocycles. The number of rotatable bonds is 9. The molecule has 0 saturated carbocycles. The summed E-state index contributed by atoms with van der Waals surface area (Å²) in [7, 11) is 0. The Bertz CT molecular complexity index is 1130. The molecule has 0 aliphatic rings. The Hall–Kier alpha value is -3.10. The van der Waals surface area contributed by atoms with Crippen LogP contribution in [-0.4, -0.2) is 46.9 Å². The van der Waals surface area contributed by atoms with E-state index in [4.69, 9.17) is 4.98 Å². The molecular weight excluding hydrogens is 424 g/mol. The molecule has 0 aliphatic carbocycles. The van der Waals surface area contributed by atoms with Crippen molar-refractivity contribution in [1.82, 2.24) is 9.88 Å². The Morgan fingerprint density at radius 2 is 1.78 bits per heavy atom. The van der Waals surface area contributed by atoms with Crippen molar-refractivity contribution >= 4 is 44.4 Å². The Morgan fingerprint density at radius 3 is 2.41 bits per heavy atom. The maximum atomic E-state index is 13.2. The van der Waals surface area contributed by atoms with Gasteiger partial charge >= 0.3 is 0 Å². The van der Waals surface area contributed by atoms with E-state index in [0.29, 0.717) is 11.7 Å². The van der Waals surface area contributed by atoms with Crippen LogP contribution in [-0.2, 0) is 4.79 Å². The van der Waals surface area contributed by atoms with E-state index in [2.05, 4.69) is 44.7 Å². The van der Waals surface area contributed by atoms with Gasteiger partial charge in [-0.15, -0.1) is 0 Å². The molecule has 3 aromatic rings. The minimum Gasteiger partial charge on any atom is -0.302 e. The molecule has 0 N–H and O–H groups in total. The van der Waals surface area contributed by atoms with Gasteiger partial charge in [0, 0.05) is 31.3 Å². The number of benzene rings is 2. The highest BCUT2D eigenvalue weighted by Crippen LogP contribution is 2.32. The highest BCUT2D eigenvalue weighted by Gasteiger charge is 2.19. The summed E-state index contributed by atoms with van der Waals surface area (Å²) in [6, 6.07) is 10.3. The van der Waals surface area contributed by atoms with Gasteiger partial charge in [-0.05, 0) is 67.9 Å². The van der Waals surface area contributed by atoms with Gasteiger partial charge in [0.15, 0.2) is 5.13 Å². The van der Waals surface area contributed by atoms with Crippen molar-refractivity contribution in [3.8, 4) is 0 Å². The first-order valence-electron chi connectivity index (χ1n) is 10.7. The third-order valence-corrected chi connectivity index (χ3v) is 6.67. The molecule has 0 spiro atoms. The predicted molar refractivity (Wildman–Crippen MR) is 131 cm³/mol. The van der Waals surface area contributed by atoms with E-state index in [1.807, 2.05) is 0 Å². The lowest BCUT2D eigenvalue weighted by atomic mass is 10.1. The summed E-state index contributed by atoms with van der Waals surface area (Å²) in [6.45, 7) is 11.4. The fourth-order valence-corrected chi connectivity index (χ4v) is 4.43. The second kappa shape index (κ2) is 10.5. The molecule has 0 saturated heterocycles. The second-order valence-electron chi connectivity index (χ2n) is 7.55. The van der Waals surface area contributed by atoms with Gasteiger partial charge in [0.2, 0.25) is 0 Å². The number of likely N-dealkylation sites (N-methyl/N-ethyl adjacent to an activating group) is 1. The summed E-state index contributed by atoms with van der Waals surface area (Å²) >= 11 is 1.52. The molecule has 8 heteroatoms. The van der Waals surface area contributed by atoms with Gasteiger partial charge in [0.1, 0.15) is 0 Å². The summed E-state index contributed by atoms with van der Waals surface area (Å²) in [6.07, 6.45) is 3.19. The Morgan fingerprint density at radius 1 is 1.09 bits per heavy atom. The van der Waals surface area contributed by atoms with Crippen LogP contribution in [0.2, 0.25) is 0 Å². The molecule has 0 bridgehead atoms. The lowest BCUT2D eigenvalue weighted by Crippen LogP contribution is -2.38. The van der Waals surface area contributed by atoms with Crippen molar-refractivity contribution < 1.29 is 9.72 Å². The minimum absolute atomic E-state index is 0.0227. The molecule has 2 aromatic carbocycles. The largest absolute Gasteiger partial charge is 0.302 e. The second-order valence-corrected chi connectivity index (χ2v) is 8.56. The van der Waals surface area contributed by atoms with E-state index in [1.54, 1.807) is 23.1 Å². The first-order valence-corrected chi connectivity index (χ1v) is 11.5. The average molecular weight is 453 g/mol. The van der Waals surface area contributed by atoms with Crippen LogP contribution in [0.4, 0.5) is 10.8 Å². The lowest BCUT2D eigenvalue weighted by molar-refractivity contribution is -0.384. The molecule has 1 amide bonds. The van der Waals surface area contributed by atoms with E-state index in [0.717, 1.165) is 41.0 Å². The molecule has 0 fully saturated rings. The molecular formula is C24H28N4O3S. The van der Waals surface area contributed by atoms with Gasteiger partial charge in [0.25, 0.3) is 11.6 Å². The molecule has 7 nitrogen and oxygen atoms in total. The molecule has 1 heterocycles. The molecule has 0 unspecified atom stereocenters. The van der Waals surface area contributed by atoms with Crippen LogP contribution < -0.4 is 4.90 Å². The van der Waals surface area contributed by atoms with E-state index >= 15 is 0 Å². The summed E-state index contributed by atoms with van der Waals surface area (Å²) in [5.41, 5.74) is 3.99. The highest BCUT2D eigenvalue weighted by molar-refractivity contribution is 7.22. The zero-order valence-electron chi connectivity index (χ0n) is 18.9. The first kappa shape index (κ1) is 23.6. The Balaban J connectivity index is 1.88. The van der Waals surface area contributed by atoms with Gasteiger partial charge in [-0.25, -0.2) is 4.98 Å². The number of amides is 1. The van der Waals surface area contributed by atoms with Crippen LogP contribution in [0.1, 0.15) is 30.5 Å². The van der Waals surface area contributed by atoms with Crippen LogP contribution in [0.3, 0.4) is 0 Å². The number of carbonyl (C=O) groups excluding carboxylic acids is 1. The molecule has 3 rings (SSSR count). The van der Waals surface area contributed by atoms with E-state index in [9.17, 15) is 14.9 Å². The number of nitro groups is 1. The number of anilines is 1. The van der Waals surface area contributed by atoms with Crippen molar-refractivity contribution in [3.05, 3.63) is 69.3 Å². The predicted octanol–water partition coefficient (Wildman–Crippen LogP) is 5.21. The number of carbonyl (C=O) groups is 1. The Kier molecular flexibility index (Phi) is 7.71. The number of aryl methyl sites for hydroxylation is 2. The van der Waals surface area contributed by atoms with Crippen molar-refractivity contribution in [2.45, 2.75) is 27.7 Å². The summed E-state index contributed by atoms with van der Waals surface area (Å²) in [4.78, 5) is 32.4. The molecule has 0 radical (unpaired) electrons. The fraction of sp³-hybridized carbons (Fsp3) is 0.333. The standard InChI is InChI=1S/C24H28N4O3S/c1-5-26(6-2)15-16-27(24-25-23-18(4)17(3)7-13-21(23)32-24)22(29)14-10-19-8-11-20(12-9-19)28(30)31/h7-14H,5-6,15-16H2,1-4H3/b14-10-. The lowest BCUT2D eigenvalue weighted by Gasteiger charge is -2.23. The third kappa shape index (κ3) is 5.38. The zero-order chi connectivity index (χ0) is 23.3. The number of nitrogens with zero attached hydrogens (tertiary/aromatic N) is 4. The summed E-state index contributed by atoms with van der Waals surface area (Å²) < 4.78 is 1.06. The van der Waals surface area contributed by atoms with Crippen LogP contribution in [0.25, 0.3) is 16.3 Å². The number of aromatic nitrogens is 1. The van der Waals surface area contributed by atoms with Crippen LogP contribution in [0, 0.1) is 24.0 Å². The zero-order valence-corrected chi connectivity index (χ0v) is 19.7. The number of non-ortho nitro benzene ring substituents is 1. The number of hydrogen-bond donors (Lipinski definition) is 0. The van der Waals surface area contributed by atoms with Crippen molar-refractivity contribution in [1.29, 1.82) is 0 Å². The number of thiazole rings is 1. The maximum Gasteiger partial charge on any atom is 0.269 e. The van der Waals surface area contributed by atoms with Gasteiger partial charge in [-0.2, -0.15) is 0 Å². The SMILES string of the molecule is CCN(CC)CCN(C(=O)/C=C\c1ccc([N+](=O)[O-])cc1)c1nc2c(C)c(C)ccc2s1. The monoisotopic (exact) mass is 452 g/mol. The first-order chi connectivity index (χ1) is 15.3. The van der Waals surface area contributed by atoms with Gasteiger partial charge in [0.05, 0.1) is 15.1 Å². The number of hydrogen-bond acceptors (Lipinski definition) is 6.